The summed E-state index contributed by atoms with van der Waals surface area (Å²) in [5.74, 6) is 2.50. The molecule has 41 heavy (non-hydrogen) atoms. The molecule has 0 aromatic heterocycles. The van der Waals surface area contributed by atoms with E-state index in [9.17, 15) is 10.2 Å². The lowest BCUT2D eigenvalue weighted by Gasteiger charge is -2.38. The van der Waals surface area contributed by atoms with E-state index in [1.165, 1.54) is 11.1 Å². The molecule has 4 aliphatic rings. The zero-order valence-corrected chi connectivity index (χ0v) is 27.7. The molecule has 228 valence electrons. The predicted molar refractivity (Wildman–Crippen MR) is 170 cm³/mol. The van der Waals surface area contributed by atoms with Crippen LogP contribution in [-0.2, 0) is 14.8 Å². The number of rotatable bonds is 11. The van der Waals surface area contributed by atoms with Gasteiger partial charge in [0.1, 0.15) is 11.2 Å². The van der Waals surface area contributed by atoms with E-state index >= 15 is 0 Å². The Labute approximate surface area is 250 Å². The van der Waals surface area contributed by atoms with Gasteiger partial charge in [-0.25, -0.2) is 0 Å². The number of fused-ring (bicyclic) bond motifs is 3. The normalized spacial score (nSPS) is 37.3. The molecular formula is C36H56O4Si. The van der Waals surface area contributed by atoms with Gasteiger partial charge in [0, 0.05) is 18.6 Å². The molecule has 4 nitrogen and oxygen atoms in total. The number of allylic oxidation sites excluding steroid dienone is 3. The van der Waals surface area contributed by atoms with Crippen molar-refractivity contribution in [3.05, 3.63) is 59.7 Å². The average molecular weight is 581 g/mol. The molecule has 5 rings (SSSR count). The Kier molecular flexibility index (Phi) is 8.89. The smallest absolute Gasteiger partial charge is 0.192 e. The van der Waals surface area contributed by atoms with Crippen molar-refractivity contribution in [1.29, 1.82) is 0 Å². The Bertz CT molecular complexity index is 1110. The number of unbranched alkanes of at least 4 members (excludes halogenated alkanes) is 1. The van der Waals surface area contributed by atoms with Crippen LogP contribution in [-0.4, -0.2) is 42.9 Å². The summed E-state index contributed by atoms with van der Waals surface area (Å²) >= 11 is 0. The van der Waals surface area contributed by atoms with E-state index in [2.05, 4.69) is 89.3 Å². The van der Waals surface area contributed by atoms with Crippen LogP contribution in [0.25, 0.3) is 0 Å². The molecule has 2 saturated carbocycles. The summed E-state index contributed by atoms with van der Waals surface area (Å²) in [6.07, 6.45) is 15.2. The monoisotopic (exact) mass is 580 g/mol. The van der Waals surface area contributed by atoms with Crippen molar-refractivity contribution in [3.8, 4) is 0 Å². The number of benzene rings is 1. The minimum Gasteiger partial charge on any atom is -0.414 e. The van der Waals surface area contributed by atoms with Crippen LogP contribution in [0.1, 0.15) is 91.5 Å². The maximum atomic E-state index is 10.3. The summed E-state index contributed by atoms with van der Waals surface area (Å²) < 4.78 is 14.2. The van der Waals surface area contributed by atoms with Crippen LogP contribution >= 0.6 is 0 Å². The number of ether oxygens (including phenoxy) is 1. The zero-order valence-electron chi connectivity index (χ0n) is 26.7. The molecule has 1 aromatic carbocycles. The van der Waals surface area contributed by atoms with Crippen LogP contribution in [0.5, 0.6) is 0 Å². The largest absolute Gasteiger partial charge is 0.414 e. The van der Waals surface area contributed by atoms with Crippen molar-refractivity contribution < 1.29 is 19.4 Å². The fourth-order valence-electron chi connectivity index (χ4n) is 8.66. The Balaban J connectivity index is 1.42. The lowest BCUT2D eigenvalue weighted by atomic mass is 9.71. The lowest BCUT2D eigenvalue weighted by Crippen LogP contribution is -2.43. The van der Waals surface area contributed by atoms with Gasteiger partial charge in [0.05, 0.1) is 6.10 Å². The van der Waals surface area contributed by atoms with E-state index in [0.29, 0.717) is 35.7 Å². The van der Waals surface area contributed by atoms with Gasteiger partial charge in [0.2, 0.25) is 0 Å². The fraction of sp³-hybridized carbons (Fsp3) is 0.722. The molecule has 0 unspecified atom stereocenters. The van der Waals surface area contributed by atoms with Gasteiger partial charge >= 0.3 is 0 Å². The first-order valence-corrected chi connectivity index (χ1v) is 19.4. The summed E-state index contributed by atoms with van der Waals surface area (Å²) in [4.78, 5) is 0. The van der Waals surface area contributed by atoms with E-state index in [0.717, 1.165) is 51.4 Å². The summed E-state index contributed by atoms with van der Waals surface area (Å²) in [7, 11) is -1.82. The van der Waals surface area contributed by atoms with Crippen molar-refractivity contribution in [1.82, 2.24) is 0 Å². The average Bonchev–Trinajstić information content (AvgIpc) is 3.26. The Hall–Kier alpha value is -1.24. The number of epoxide rings is 1. The quantitative estimate of drug-likeness (QED) is 0.120. The molecule has 1 spiro atoms. The SMILES string of the molecule is CC[C@H](O)CCC/C=C(\C)[C@]1(c2ccccc2)O[C@@]12C[C@@H]1[C@@H](C=C[C@@H]3C[C@@H](O[Si](C)(C)C(C)(C)C)C[C@@H]13)[C@@H]2CCO. The number of aliphatic hydroxyl groups excluding tert-OH is 2. The van der Waals surface area contributed by atoms with Gasteiger partial charge in [-0.3, -0.25) is 0 Å². The van der Waals surface area contributed by atoms with E-state index in [-0.39, 0.29) is 23.4 Å². The summed E-state index contributed by atoms with van der Waals surface area (Å²) in [5.41, 5.74) is 1.82. The van der Waals surface area contributed by atoms with Crippen molar-refractivity contribution in [2.24, 2.45) is 29.6 Å². The van der Waals surface area contributed by atoms with Crippen molar-refractivity contribution in [3.63, 3.8) is 0 Å². The van der Waals surface area contributed by atoms with Gasteiger partial charge in [0.15, 0.2) is 8.32 Å². The third kappa shape index (κ3) is 5.48. The molecule has 3 aliphatic carbocycles. The molecular weight excluding hydrogens is 524 g/mol. The third-order valence-corrected chi connectivity index (χ3v) is 16.4. The van der Waals surface area contributed by atoms with Crippen LogP contribution in [0.3, 0.4) is 0 Å². The van der Waals surface area contributed by atoms with Gasteiger partial charge in [-0.2, -0.15) is 0 Å². The van der Waals surface area contributed by atoms with E-state index in [4.69, 9.17) is 9.16 Å². The predicted octanol–water partition coefficient (Wildman–Crippen LogP) is 8.16. The van der Waals surface area contributed by atoms with Crippen LogP contribution < -0.4 is 0 Å². The first kappa shape index (κ1) is 31.2. The third-order valence-electron chi connectivity index (χ3n) is 11.8. The highest BCUT2D eigenvalue weighted by atomic mass is 28.4. The number of hydrogen-bond donors (Lipinski definition) is 2. The Morgan fingerprint density at radius 3 is 2.54 bits per heavy atom. The molecule has 0 radical (unpaired) electrons. The molecule has 1 aromatic rings. The summed E-state index contributed by atoms with van der Waals surface area (Å²) in [6.45, 7) is 16.3. The molecule has 5 heteroatoms. The highest BCUT2D eigenvalue weighted by Gasteiger charge is 2.79. The van der Waals surface area contributed by atoms with Gasteiger partial charge < -0.3 is 19.4 Å². The van der Waals surface area contributed by atoms with Crippen LogP contribution in [0.2, 0.25) is 18.1 Å². The molecule has 3 fully saturated rings. The highest BCUT2D eigenvalue weighted by molar-refractivity contribution is 6.74. The first-order chi connectivity index (χ1) is 19.4. The van der Waals surface area contributed by atoms with Crippen molar-refractivity contribution in [2.75, 3.05) is 6.61 Å². The molecule has 9 atom stereocenters. The number of aliphatic hydroxyl groups is 2. The molecule has 1 aliphatic heterocycles. The van der Waals surface area contributed by atoms with Crippen LogP contribution in [0.15, 0.2) is 54.1 Å². The molecule has 0 amide bonds. The first-order valence-electron chi connectivity index (χ1n) is 16.5. The maximum Gasteiger partial charge on any atom is 0.192 e. The number of hydrogen-bond acceptors (Lipinski definition) is 4. The summed E-state index contributed by atoms with van der Waals surface area (Å²) in [6, 6.07) is 10.8. The van der Waals surface area contributed by atoms with Crippen molar-refractivity contribution >= 4 is 8.32 Å². The van der Waals surface area contributed by atoms with Gasteiger partial charge in [0.25, 0.3) is 0 Å². The lowest BCUT2D eigenvalue weighted by molar-refractivity contribution is 0.158. The molecule has 1 saturated heterocycles. The fourth-order valence-corrected chi connectivity index (χ4v) is 10.0. The van der Waals surface area contributed by atoms with Crippen LogP contribution in [0, 0.1) is 29.6 Å². The molecule has 1 heterocycles. The van der Waals surface area contributed by atoms with Gasteiger partial charge in [-0.15, -0.1) is 0 Å². The minimum atomic E-state index is -1.82. The second-order valence-corrected chi connectivity index (χ2v) is 19.9. The van der Waals surface area contributed by atoms with Gasteiger partial charge in [-0.1, -0.05) is 76.3 Å². The van der Waals surface area contributed by atoms with E-state index < -0.39 is 13.9 Å². The van der Waals surface area contributed by atoms with E-state index in [1.54, 1.807) is 0 Å². The molecule has 2 N–H and O–H groups in total. The second-order valence-electron chi connectivity index (χ2n) is 15.2. The van der Waals surface area contributed by atoms with E-state index in [1.807, 2.05) is 6.92 Å². The topological polar surface area (TPSA) is 62.2 Å². The van der Waals surface area contributed by atoms with Gasteiger partial charge in [-0.05, 0) is 111 Å². The highest BCUT2D eigenvalue weighted by Crippen LogP contribution is 2.74. The summed E-state index contributed by atoms with van der Waals surface area (Å²) in [5, 5.41) is 20.6. The maximum absolute atomic E-state index is 10.3. The standard InChI is InChI=1S/C36H56O4Si/c1-8-28(38)17-13-12-14-25(2)36(27-15-10-9-11-16-27)35(40-36)24-32-30(33(35)20-21-37)19-18-26-22-29(23-31(26)32)39-41(6,7)34(3,4)5/h9-11,14-16,18-19,26,28-33,37-38H,8,12-13,17,20-24H2,1-7H3/b25-14+/t26-,28+,29-,30-,31-,32-,33+,35-,36-/m1/s1. The minimum absolute atomic E-state index is 0.195. The molecule has 0 bridgehead atoms. The Morgan fingerprint density at radius 2 is 1.88 bits per heavy atom. The Morgan fingerprint density at radius 1 is 1.15 bits per heavy atom. The van der Waals surface area contributed by atoms with Crippen molar-refractivity contribution in [2.45, 2.75) is 128 Å². The second kappa shape index (κ2) is 11.7. The zero-order chi connectivity index (χ0) is 29.6. The van der Waals surface area contributed by atoms with Crippen LogP contribution in [0.4, 0.5) is 0 Å².